The van der Waals surface area contributed by atoms with E-state index in [-0.39, 0.29) is 28.8 Å². The highest BCUT2D eigenvalue weighted by Crippen LogP contribution is 2.22. The number of halogens is 3. The van der Waals surface area contributed by atoms with Gasteiger partial charge in [0.2, 0.25) is 0 Å². The number of carbonyl (C=O) groups excluding carboxylic acids is 1. The Morgan fingerprint density at radius 2 is 1.80 bits per heavy atom. The second-order valence-electron chi connectivity index (χ2n) is 7.16. The number of rotatable bonds is 4. The lowest BCUT2D eigenvalue weighted by Crippen LogP contribution is -2.39. The fraction of sp³-hybridized carbons (Fsp3) is 0.368. The number of hydrogen-bond donors (Lipinski definition) is 2. The maximum Gasteiger partial charge on any atom is 0.277 e. The molecule has 1 aromatic carbocycles. The number of hydrogen-bond acceptors (Lipinski definition) is 5. The van der Waals surface area contributed by atoms with Crippen LogP contribution in [0.25, 0.3) is 0 Å². The number of nitrogens with one attached hydrogen (secondary N) is 1. The molecule has 2 aromatic rings. The third-order valence-electron chi connectivity index (χ3n) is 5.01. The van der Waals surface area contributed by atoms with Crippen LogP contribution in [0.3, 0.4) is 0 Å². The minimum Gasteiger partial charge on any atom is -0.427 e. The van der Waals surface area contributed by atoms with Crippen molar-refractivity contribution in [1.82, 2.24) is 10.0 Å². The zero-order chi connectivity index (χ0) is 22.0. The van der Waals surface area contributed by atoms with Crippen LogP contribution in [0.15, 0.2) is 29.4 Å². The van der Waals surface area contributed by atoms with Crippen LogP contribution in [-0.2, 0) is 0 Å². The lowest BCUT2D eigenvalue weighted by molar-refractivity contribution is -0.385. The van der Waals surface area contributed by atoms with Gasteiger partial charge in [0, 0.05) is 17.2 Å². The zero-order valence-electron chi connectivity index (χ0n) is 15.9. The molecule has 0 spiro atoms. The quantitative estimate of drug-likeness (QED) is 0.340. The van der Waals surface area contributed by atoms with Gasteiger partial charge in [0.05, 0.1) is 23.2 Å². The summed E-state index contributed by atoms with van der Waals surface area (Å²) >= 11 is 0. The summed E-state index contributed by atoms with van der Waals surface area (Å²) in [5.41, 5.74) is -0.121. The van der Waals surface area contributed by atoms with Crippen molar-refractivity contribution in [2.45, 2.75) is 44.7 Å². The van der Waals surface area contributed by atoms with E-state index >= 15 is 0 Å². The molecule has 30 heavy (non-hydrogen) atoms. The minimum absolute atomic E-state index is 0.0528. The summed E-state index contributed by atoms with van der Waals surface area (Å²) in [6, 6.07) is 1.98. The first-order valence-electron chi connectivity index (χ1n) is 9.22. The molecule has 0 bridgehead atoms. The molecular weight excluding hydrogens is 405 g/mol. The van der Waals surface area contributed by atoms with Gasteiger partial charge in [0.1, 0.15) is 0 Å². The molecule has 0 aliphatic heterocycles. The van der Waals surface area contributed by atoms with Crippen molar-refractivity contribution >= 4 is 11.6 Å². The lowest BCUT2D eigenvalue weighted by atomic mass is 9.91. The molecule has 1 aromatic heterocycles. The predicted octanol–water partition coefficient (Wildman–Crippen LogP) is 3.00. The summed E-state index contributed by atoms with van der Waals surface area (Å²) in [6.45, 7) is 1.50. The van der Waals surface area contributed by atoms with Crippen molar-refractivity contribution in [3.63, 3.8) is 0 Å². The molecule has 0 radical (unpaired) electrons. The van der Waals surface area contributed by atoms with Gasteiger partial charge in [0.25, 0.3) is 11.6 Å². The molecule has 1 aliphatic carbocycles. The van der Waals surface area contributed by atoms with E-state index in [4.69, 9.17) is 0 Å². The number of carbonyl (C=O) groups is 1. The number of aromatic nitrogens is 1. The van der Waals surface area contributed by atoms with Crippen LogP contribution in [0.1, 0.15) is 41.6 Å². The summed E-state index contributed by atoms with van der Waals surface area (Å²) < 4.78 is 40.4. The zero-order valence-corrected chi connectivity index (χ0v) is 15.9. The number of pyridine rings is 1. The van der Waals surface area contributed by atoms with Gasteiger partial charge in [-0.3, -0.25) is 19.9 Å². The van der Waals surface area contributed by atoms with Gasteiger partial charge in [-0.25, -0.2) is 13.2 Å². The molecule has 11 heteroatoms. The number of aryl methyl sites for hydroxylation is 1. The smallest absolute Gasteiger partial charge is 0.277 e. The summed E-state index contributed by atoms with van der Waals surface area (Å²) in [6.07, 6.45) is 3.28. The van der Waals surface area contributed by atoms with E-state index in [2.05, 4.69) is 10.3 Å². The highest BCUT2D eigenvalue weighted by atomic mass is 19.2. The molecule has 2 N–H and O–H groups in total. The summed E-state index contributed by atoms with van der Waals surface area (Å²) in [5, 5.41) is 23.7. The molecule has 1 fully saturated rings. The van der Waals surface area contributed by atoms with E-state index in [1.54, 1.807) is 0 Å². The number of benzene rings is 1. The molecule has 0 saturated heterocycles. The topological polar surface area (TPSA) is 110 Å². The van der Waals surface area contributed by atoms with E-state index < -0.39 is 28.3 Å². The number of nitro groups is 1. The Bertz CT molecular complexity index is 1040. The van der Waals surface area contributed by atoms with Gasteiger partial charge in [0.15, 0.2) is 22.9 Å². The summed E-state index contributed by atoms with van der Waals surface area (Å²) in [7, 11) is 0. The first-order valence-corrected chi connectivity index (χ1v) is 9.22. The largest absolute Gasteiger partial charge is 0.427 e. The third-order valence-corrected chi connectivity index (χ3v) is 5.01. The van der Waals surface area contributed by atoms with Gasteiger partial charge in [-0.1, -0.05) is 0 Å². The summed E-state index contributed by atoms with van der Waals surface area (Å²) in [5.74, 6) is -5.22. The average Bonchev–Trinajstić information content (AvgIpc) is 2.68. The van der Waals surface area contributed by atoms with Crippen molar-refractivity contribution in [2.75, 3.05) is 0 Å². The van der Waals surface area contributed by atoms with Crippen molar-refractivity contribution in [3.05, 3.63) is 68.6 Å². The van der Waals surface area contributed by atoms with E-state index in [0.29, 0.717) is 43.4 Å². The molecule has 160 valence electrons. The molecule has 8 nitrogen and oxygen atoms in total. The molecule has 0 unspecified atom stereocenters. The van der Waals surface area contributed by atoms with Crippen LogP contribution < -0.4 is 10.8 Å². The van der Waals surface area contributed by atoms with E-state index in [1.807, 2.05) is 0 Å². The van der Waals surface area contributed by atoms with Gasteiger partial charge in [-0.2, -0.15) is 4.73 Å². The maximum atomic E-state index is 13.3. The van der Waals surface area contributed by atoms with Crippen LogP contribution >= 0.6 is 0 Å². The highest BCUT2D eigenvalue weighted by Gasteiger charge is 2.24. The molecule has 0 atom stereocenters. The SMILES string of the molecule is Cc1cn(O)c(=NC2CCC(NC(=O)c3cc(F)c(F)c(F)c3)CC2)cc1[N+](=O)[O-]. The van der Waals surface area contributed by atoms with E-state index in [1.165, 1.54) is 19.2 Å². The van der Waals surface area contributed by atoms with E-state index in [0.717, 1.165) is 4.73 Å². The van der Waals surface area contributed by atoms with Crippen molar-refractivity contribution in [1.29, 1.82) is 0 Å². The maximum absolute atomic E-state index is 13.3. The fourth-order valence-corrected chi connectivity index (χ4v) is 3.40. The molecule has 1 saturated carbocycles. The Labute approximate surface area is 168 Å². The Morgan fingerprint density at radius 3 is 2.37 bits per heavy atom. The molecule has 3 rings (SSSR count). The second-order valence-corrected chi connectivity index (χ2v) is 7.16. The molecule has 1 amide bonds. The van der Waals surface area contributed by atoms with Crippen LogP contribution in [0.5, 0.6) is 0 Å². The van der Waals surface area contributed by atoms with E-state index in [9.17, 15) is 33.3 Å². The summed E-state index contributed by atoms with van der Waals surface area (Å²) in [4.78, 5) is 27.1. The van der Waals surface area contributed by atoms with Gasteiger partial charge >= 0.3 is 0 Å². The number of nitrogens with zero attached hydrogens (tertiary/aromatic N) is 3. The van der Waals surface area contributed by atoms with Crippen LogP contribution in [0, 0.1) is 34.5 Å². The molecule has 1 aliphatic rings. The van der Waals surface area contributed by atoms with Crippen molar-refractivity contribution in [2.24, 2.45) is 4.99 Å². The monoisotopic (exact) mass is 424 g/mol. The predicted molar refractivity (Wildman–Crippen MR) is 98.4 cm³/mol. The third kappa shape index (κ3) is 4.61. The standard InChI is InChI=1S/C19H19F3N4O4/c1-10-9-25(28)17(8-16(10)26(29)30)23-12-2-4-13(5-3-12)24-19(27)11-6-14(20)18(22)15(21)7-11/h6-9,12-13,28H,2-5H2,1H3,(H,24,27). The first kappa shape index (κ1) is 21.3. The highest BCUT2D eigenvalue weighted by molar-refractivity contribution is 5.94. The normalized spacial score (nSPS) is 19.5. The first-order chi connectivity index (χ1) is 14.2. The Hall–Kier alpha value is -3.37. The Morgan fingerprint density at radius 1 is 1.20 bits per heavy atom. The van der Waals surface area contributed by atoms with Crippen LogP contribution in [0.4, 0.5) is 18.9 Å². The Balaban J connectivity index is 1.65. The number of amides is 1. The second kappa shape index (κ2) is 8.56. The van der Waals surface area contributed by atoms with Gasteiger partial charge in [-0.15, -0.1) is 0 Å². The molecule has 1 heterocycles. The Kier molecular flexibility index (Phi) is 6.09. The van der Waals surface area contributed by atoms with Crippen molar-refractivity contribution in [3.8, 4) is 0 Å². The van der Waals surface area contributed by atoms with Crippen molar-refractivity contribution < 1.29 is 28.1 Å². The molecular formula is C19H19F3N4O4. The minimum atomic E-state index is -1.63. The lowest BCUT2D eigenvalue weighted by Gasteiger charge is -2.27. The average molecular weight is 424 g/mol. The van der Waals surface area contributed by atoms with Crippen LogP contribution in [0.2, 0.25) is 0 Å². The fourth-order valence-electron chi connectivity index (χ4n) is 3.40. The van der Waals surface area contributed by atoms with Crippen LogP contribution in [-0.4, -0.2) is 32.9 Å². The van der Waals surface area contributed by atoms with Gasteiger partial charge in [-0.05, 0) is 44.7 Å². The van der Waals surface area contributed by atoms with Gasteiger partial charge < -0.3 is 10.5 Å².